The summed E-state index contributed by atoms with van der Waals surface area (Å²) in [5, 5.41) is 0. The minimum atomic E-state index is -0.0441. The van der Waals surface area contributed by atoms with Crippen molar-refractivity contribution in [1.82, 2.24) is 0 Å². The molecule has 1 saturated heterocycles. The van der Waals surface area contributed by atoms with Gasteiger partial charge >= 0.3 is 0 Å². The van der Waals surface area contributed by atoms with Gasteiger partial charge in [-0.05, 0) is 12.5 Å². The van der Waals surface area contributed by atoms with Crippen molar-refractivity contribution in [2.75, 3.05) is 25.2 Å². The number of hydrogen-bond donors (Lipinski definition) is 0. The van der Waals surface area contributed by atoms with Crippen LogP contribution in [0.1, 0.15) is 23.9 Å². The van der Waals surface area contributed by atoms with E-state index in [1.807, 2.05) is 18.0 Å². The molecule has 1 aromatic rings. The number of anilines is 1. The molecule has 0 aromatic carbocycles. The summed E-state index contributed by atoms with van der Waals surface area (Å²) in [6.45, 7) is 3.03. The van der Waals surface area contributed by atoms with Crippen LogP contribution in [0.2, 0.25) is 0 Å². The van der Waals surface area contributed by atoms with Gasteiger partial charge in [-0.15, -0.1) is 0 Å². The highest BCUT2D eigenvalue weighted by molar-refractivity contribution is 5.91. The monoisotopic (exact) mass is 209 g/mol. The molecule has 2 heterocycles. The number of carbonyl (C=O) groups is 1. The highest BCUT2D eigenvalue weighted by Gasteiger charge is 2.22. The second-order valence-electron chi connectivity index (χ2n) is 3.82. The molecule has 1 aliphatic heterocycles. The molecule has 1 atom stereocenters. The summed E-state index contributed by atoms with van der Waals surface area (Å²) in [7, 11) is 1.96. The third-order valence-corrected chi connectivity index (χ3v) is 2.74. The summed E-state index contributed by atoms with van der Waals surface area (Å²) >= 11 is 0. The molecule has 1 fully saturated rings. The Morgan fingerprint density at radius 1 is 1.53 bits per heavy atom. The molecule has 1 aliphatic rings. The first-order valence-electron chi connectivity index (χ1n) is 5.10. The summed E-state index contributed by atoms with van der Waals surface area (Å²) in [6, 6.07) is 3.90. The highest BCUT2D eigenvalue weighted by atomic mass is 16.5. The Morgan fingerprint density at radius 3 is 2.87 bits per heavy atom. The summed E-state index contributed by atoms with van der Waals surface area (Å²) in [6.07, 6.45) is 1.01. The molecule has 82 valence electrons. The number of ketones is 1. The fraction of sp³-hybridized carbons (Fsp3) is 0.545. The largest absolute Gasteiger partial charge is 0.437 e. The molecular formula is C11H15NO3. The molecule has 1 unspecified atom stereocenters. The van der Waals surface area contributed by atoms with Crippen LogP contribution < -0.4 is 4.90 Å². The predicted molar refractivity (Wildman–Crippen MR) is 56.3 cm³/mol. The zero-order valence-electron chi connectivity index (χ0n) is 9.03. The number of likely N-dealkylation sites (N-methyl/N-ethyl adjacent to an activating group) is 1. The van der Waals surface area contributed by atoms with Crippen LogP contribution >= 0.6 is 0 Å². The lowest BCUT2D eigenvalue weighted by atomic mass is 10.2. The van der Waals surface area contributed by atoms with Gasteiger partial charge in [0.2, 0.25) is 0 Å². The number of rotatable bonds is 3. The van der Waals surface area contributed by atoms with Gasteiger partial charge in [0.25, 0.3) is 0 Å². The molecule has 0 radical (unpaired) electrons. The standard InChI is InChI=1S/C11H15NO3/c1-8(13)10-3-4-11(15-10)12(2)9-5-6-14-7-9/h3-4,9H,5-7H2,1-2H3. The van der Waals surface area contributed by atoms with Gasteiger partial charge in [0.05, 0.1) is 12.6 Å². The molecule has 0 N–H and O–H groups in total. The number of nitrogens with zero attached hydrogens (tertiary/aromatic N) is 1. The summed E-state index contributed by atoms with van der Waals surface area (Å²) in [4.78, 5) is 13.1. The minimum Gasteiger partial charge on any atom is -0.437 e. The second kappa shape index (κ2) is 4.06. The molecule has 4 heteroatoms. The normalized spacial score (nSPS) is 20.5. The maximum Gasteiger partial charge on any atom is 0.196 e. The zero-order chi connectivity index (χ0) is 10.8. The van der Waals surface area contributed by atoms with E-state index in [1.165, 1.54) is 6.92 Å². The molecule has 0 amide bonds. The van der Waals surface area contributed by atoms with Gasteiger partial charge < -0.3 is 14.1 Å². The van der Waals surface area contributed by atoms with Crippen molar-refractivity contribution >= 4 is 11.7 Å². The zero-order valence-corrected chi connectivity index (χ0v) is 9.03. The lowest BCUT2D eigenvalue weighted by Gasteiger charge is -2.22. The number of hydrogen-bond acceptors (Lipinski definition) is 4. The quantitative estimate of drug-likeness (QED) is 0.711. The maximum atomic E-state index is 11.1. The van der Waals surface area contributed by atoms with E-state index in [0.29, 0.717) is 11.8 Å². The smallest absolute Gasteiger partial charge is 0.196 e. The van der Waals surface area contributed by atoms with Crippen LogP contribution in [0.3, 0.4) is 0 Å². The molecule has 15 heavy (non-hydrogen) atoms. The lowest BCUT2D eigenvalue weighted by molar-refractivity contribution is 0.0987. The first-order valence-corrected chi connectivity index (χ1v) is 5.10. The third kappa shape index (κ3) is 2.04. The maximum absolute atomic E-state index is 11.1. The Bertz CT molecular complexity index is 352. The van der Waals surface area contributed by atoms with Gasteiger partial charge in [-0.25, -0.2) is 0 Å². The van der Waals surface area contributed by atoms with E-state index in [-0.39, 0.29) is 5.78 Å². The molecule has 2 rings (SSSR count). The molecular weight excluding hydrogens is 194 g/mol. The minimum absolute atomic E-state index is 0.0441. The second-order valence-corrected chi connectivity index (χ2v) is 3.82. The Kier molecular flexibility index (Phi) is 2.77. The van der Waals surface area contributed by atoms with E-state index in [4.69, 9.17) is 9.15 Å². The molecule has 4 nitrogen and oxygen atoms in total. The van der Waals surface area contributed by atoms with Crippen LogP contribution in [0, 0.1) is 0 Å². The predicted octanol–water partition coefficient (Wildman–Crippen LogP) is 1.71. The van der Waals surface area contributed by atoms with Crippen LogP contribution in [-0.4, -0.2) is 32.1 Å². The topological polar surface area (TPSA) is 42.7 Å². The lowest BCUT2D eigenvalue weighted by Crippen LogP contribution is -2.31. The van der Waals surface area contributed by atoms with Crippen molar-refractivity contribution < 1.29 is 13.9 Å². The van der Waals surface area contributed by atoms with Crippen molar-refractivity contribution in [3.63, 3.8) is 0 Å². The van der Waals surface area contributed by atoms with Crippen LogP contribution in [0.25, 0.3) is 0 Å². The molecule has 0 bridgehead atoms. The van der Waals surface area contributed by atoms with Crippen molar-refractivity contribution in [3.8, 4) is 0 Å². The fourth-order valence-corrected chi connectivity index (χ4v) is 1.71. The van der Waals surface area contributed by atoms with Crippen LogP contribution in [0.15, 0.2) is 16.5 Å². The Balaban J connectivity index is 2.10. The number of carbonyl (C=O) groups excluding carboxylic acids is 1. The Morgan fingerprint density at radius 2 is 2.33 bits per heavy atom. The molecule has 0 aliphatic carbocycles. The molecule has 1 aromatic heterocycles. The van der Waals surface area contributed by atoms with Gasteiger partial charge in [-0.2, -0.15) is 0 Å². The molecule has 0 spiro atoms. The van der Waals surface area contributed by atoms with Gasteiger partial charge in [0.1, 0.15) is 0 Å². The van der Waals surface area contributed by atoms with E-state index < -0.39 is 0 Å². The summed E-state index contributed by atoms with van der Waals surface area (Å²) < 4.78 is 10.7. The number of furan rings is 1. The van der Waals surface area contributed by atoms with E-state index in [2.05, 4.69) is 0 Å². The molecule has 0 saturated carbocycles. The third-order valence-electron chi connectivity index (χ3n) is 2.74. The van der Waals surface area contributed by atoms with Gasteiger partial charge in [0.15, 0.2) is 17.4 Å². The SMILES string of the molecule is CC(=O)c1ccc(N(C)C2CCOC2)o1. The Hall–Kier alpha value is -1.29. The first-order chi connectivity index (χ1) is 7.18. The summed E-state index contributed by atoms with van der Waals surface area (Å²) in [5.74, 6) is 1.10. The average molecular weight is 209 g/mol. The number of ether oxygens (including phenoxy) is 1. The van der Waals surface area contributed by atoms with E-state index in [9.17, 15) is 4.79 Å². The highest BCUT2D eigenvalue weighted by Crippen LogP contribution is 2.22. The van der Waals surface area contributed by atoms with Crippen LogP contribution in [-0.2, 0) is 4.74 Å². The fourth-order valence-electron chi connectivity index (χ4n) is 1.71. The summed E-state index contributed by atoms with van der Waals surface area (Å²) in [5.41, 5.74) is 0. The van der Waals surface area contributed by atoms with E-state index in [0.717, 1.165) is 25.5 Å². The number of Topliss-reactive ketones (excluding diaryl/α,β-unsaturated/α-hetero) is 1. The van der Waals surface area contributed by atoms with E-state index >= 15 is 0 Å². The van der Waals surface area contributed by atoms with Crippen LogP contribution in [0.5, 0.6) is 0 Å². The van der Waals surface area contributed by atoms with Gasteiger partial charge in [0, 0.05) is 26.6 Å². The first kappa shape index (κ1) is 10.2. The van der Waals surface area contributed by atoms with Gasteiger partial charge in [-0.1, -0.05) is 0 Å². The van der Waals surface area contributed by atoms with Gasteiger partial charge in [-0.3, -0.25) is 4.79 Å². The van der Waals surface area contributed by atoms with Crippen molar-refractivity contribution in [2.45, 2.75) is 19.4 Å². The van der Waals surface area contributed by atoms with Crippen molar-refractivity contribution in [3.05, 3.63) is 17.9 Å². The average Bonchev–Trinajstić information content (AvgIpc) is 2.88. The van der Waals surface area contributed by atoms with Crippen molar-refractivity contribution in [2.24, 2.45) is 0 Å². The Labute approximate surface area is 88.8 Å². The van der Waals surface area contributed by atoms with E-state index in [1.54, 1.807) is 6.07 Å². The van der Waals surface area contributed by atoms with Crippen LogP contribution in [0.4, 0.5) is 5.88 Å². The van der Waals surface area contributed by atoms with Crippen molar-refractivity contribution in [1.29, 1.82) is 0 Å².